The number of Topliss-reactive ketones (excluding diaryl/α,β-unsaturated/α-hetero) is 2. The Morgan fingerprint density at radius 3 is 2.33 bits per heavy atom. The molecule has 2 fully saturated rings. The molecule has 2 atom stereocenters. The number of benzene rings is 2. The summed E-state index contributed by atoms with van der Waals surface area (Å²) in [6, 6.07) is 10.6. The first-order chi connectivity index (χ1) is 13.0. The number of carbonyl (C=O) groups excluding carboxylic acids is 2. The van der Waals surface area contributed by atoms with Gasteiger partial charge in [0.2, 0.25) is 0 Å². The smallest absolute Gasteiger partial charge is 0.150 e. The minimum atomic E-state index is -0.657. The summed E-state index contributed by atoms with van der Waals surface area (Å²) in [5.74, 6) is 0.587. The second-order valence-electron chi connectivity index (χ2n) is 7.34. The first kappa shape index (κ1) is 18.5. The molecule has 2 aromatic carbocycles. The summed E-state index contributed by atoms with van der Waals surface area (Å²) in [6.07, 6.45) is 3.16. The highest BCUT2D eigenvalue weighted by atomic mass is 35.5. The van der Waals surface area contributed by atoms with E-state index in [0.717, 1.165) is 36.8 Å². The molecular formula is C22H20Cl2O3. The summed E-state index contributed by atoms with van der Waals surface area (Å²) in [6.45, 7) is 2.03. The van der Waals surface area contributed by atoms with Gasteiger partial charge in [0.25, 0.3) is 0 Å². The third-order valence-electron chi connectivity index (χ3n) is 5.74. The zero-order chi connectivity index (χ0) is 19.1. The maximum atomic E-state index is 12.9. The van der Waals surface area contributed by atoms with E-state index in [9.17, 15) is 9.59 Å². The summed E-state index contributed by atoms with van der Waals surface area (Å²) in [7, 11) is 0. The van der Waals surface area contributed by atoms with Gasteiger partial charge in [0.15, 0.2) is 11.6 Å². The molecule has 2 aliphatic rings. The van der Waals surface area contributed by atoms with Gasteiger partial charge < -0.3 is 4.74 Å². The van der Waals surface area contributed by atoms with Crippen molar-refractivity contribution in [1.82, 2.24) is 0 Å². The lowest BCUT2D eigenvalue weighted by Gasteiger charge is -2.27. The molecule has 0 aromatic heterocycles. The van der Waals surface area contributed by atoms with Crippen LogP contribution in [0.25, 0.3) is 0 Å². The Morgan fingerprint density at radius 2 is 1.70 bits per heavy atom. The van der Waals surface area contributed by atoms with Crippen LogP contribution in [0.4, 0.5) is 0 Å². The molecule has 2 saturated carbocycles. The number of aryl methyl sites for hydroxylation is 1. The van der Waals surface area contributed by atoms with Crippen LogP contribution in [-0.4, -0.2) is 11.6 Å². The lowest BCUT2D eigenvalue weighted by Crippen LogP contribution is -2.35. The third kappa shape index (κ3) is 3.39. The normalized spacial score (nSPS) is 24.3. The van der Waals surface area contributed by atoms with E-state index in [-0.39, 0.29) is 23.4 Å². The van der Waals surface area contributed by atoms with Crippen molar-refractivity contribution in [3.63, 3.8) is 0 Å². The SMILES string of the molecule is CCc1ccc(Oc2ccc(Cl)cc2Cl)cc1C1C(=O)C2CCC(C2)C1=O. The van der Waals surface area contributed by atoms with Gasteiger partial charge in [0.1, 0.15) is 17.4 Å². The van der Waals surface area contributed by atoms with Gasteiger partial charge in [-0.3, -0.25) is 9.59 Å². The van der Waals surface area contributed by atoms with Crippen molar-refractivity contribution in [3.8, 4) is 11.5 Å². The maximum Gasteiger partial charge on any atom is 0.150 e. The van der Waals surface area contributed by atoms with Crippen molar-refractivity contribution < 1.29 is 14.3 Å². The Morgan fingerprint density at radius 1 is 1.00 bits per heavy atom. The summed E-state index contributed by atoms with van der Waals surface area (Å²) >= 11 is 12.1. The molecule has 0 aliphatic heterocycles. The monoisotopic (exact) mass is 402 g/mol. The van der Waals surface area contributed by atoms with Crippen LogP contribution < -0.4 is 4.74 Å². The van der Waals surface area contributed by atoms with Crippen molar-refractivity contribution >= 4 is 34.8 Å². The van der Waals surface area contributed by atoms with Gasteiger partial charge in [-0.1, -0.05) is 36.2 Å². The molecule has 2 aliphatic carbocycles. The quantitative estimate of drug-likeness (QED) is 0.588. The van der Waals surface area contributed by atoms with Crippen LogP contribution in [-0.2, 0) is 16.0 Å². The summed E-state index contributed by atoms with van der Waals surface area (Å²) in [5, 5.41) is 0.940. The number of hydrogen-bond acceptors (Lipinski definition) is 3. The number of halogens is 2. The van der Waals surface area contributed by atoms with E-state index in [1.807, 2.05) is 25.1 Å². The van der Waals surface area contributed by atoms with Crippen LogP contribution in [0, 0.1) is 11.8 Å². The van der Waals surface area contributed by atoms with Crippen molar-refractivity contribution in [2.45, 2.75) is 38.5 Å². The third-order valence-corrected chi connectivity index (χ3v) is 6.27. The number of ketones is 2. The molecule has 140 valence electrons. The predicted octanol–water partition coefficient (Wildman–Crippen LogP) is 6.00. The average molecular weight is 403 g/mol. The van der Waals surface area contributed by atoms with Crippen molar-refractivity contribution in [2.75, 3.05) is 0 Å². The number of fused-ring (bicyclic) bond motifs is 2. The van der Waals surface area contributed by atoms with Crippen molar-refractivity contribution in [1.29, 1.82) is 0 Å². The highest BCUT2D eigenvalue weighted by Crippen LogP contribution is 2.45. The van der Waals surface area contributed by atoms with E-state index in [2.05, 4.69) is 0 Å². The van der Waals surface area contributed by atoms with Crippen molar-refractivity contribution in [3.05, 3.63) is 57.6 Å². The van der Waals surface area contributed by atoms with Crippen LogP contribution in [0.5, 0.6) is 11.5 Å². The summed E-state index contributed by atoms with van der Waals surface area (Å²) in [5.41, 5.74) is 1.80. The fourth-order valence-electron chi connectivity index (χ4n) is 4.33. The zero-order valence-corrected chi connectivity index (χ0v) is 16.5. The van der Waals surface area contributed by atoms with E-state index in [4.69, 9.17) is 27.9 Å². The Labute approximate surface area is 168 Å². The van der Waals surface area contributed by atoms with Crippen LogP contribution in [0.15, 0.2) is 36.4 Å². The van der Waals surface area contributed by atoms with Crippen molar-refractivity contribution in [2.24, 2.45) is 11.8 Å². The molecule has 0 N–H and O–H groups in total. The Kier molecular flexibility index (Phi) is 5.00. The minimum Gasteiger partial charge on any atom is -0.456 e. The van der Waals surface area contributed by atoms with Crippen LogP contribution in [0.3, 0.4) is 0 Å². The molecule has 2 bridgehead atoms. The second kappa shape index (κ2) is 7.29. The number of hydrogen-bond donors (Lipinski definition) is 0. The Bertz CT molecular complexity index is 900. The van der Waals surface area contributed by atoms with E-state index in [1.165, 1.54) is 0 Å². The highest BCUT2D eigenvalue weighted by Gasteiger charge is 2.47. The van der Waals surface area contributed by atoms with Crippen LogP contribution >= 0.6 is 23.2 Å². The molecule has 5 heteroatoms. The van der Waals surface area contributed by atoms with Crippen LogP contribution in [0.2, 0.25) is 10.0 Å². The van der Waals surface area contributed by atoms with Gasteiger partial charge in [-0.2, -0.15) is 0 Å². The molecule has 0 saturated heterocycles. The maximum absolute atomic E-state index is 12.9. The standard InChI is InChI=1S/C22H20Cl2O3/c1-2-12-5-7-16(27-19-8-6-15(23)10-18(19)24)11-17(12)20-21(25)13-3-4-14(9-13)22(20)26/h5-8,10-11,13-14,20H,2-4,9H2,1H3. The Hall–Kier alpha value is -1.84. The van der Waals surface area contributed by atoms with E-state index < -0.39 is 5.92 Å². The fourth-order valence-corrected chi connectivity index (χ4v) is 4.78. The topological polar surface area (TPSA) is 43.4 Å². The number of carbonyl (C=O) groups is 2. The van der Waals surface area contributed by atoms with Crippen LogP contribution in [0.1, 0.15) is 43.2 Å². The van der Waals surface area contributed by atoms with Gasteiger partial charge in [-0.25, -0.2) is 0 Å². The Balaban J connectivity index is 1.71. The van der Waals surface area contributed by atoms with E-state index in [0.29, 0.717) is 21.5 Å². The fraction of sp³-hybridized carbons (Fsp3) is 0.364. The summed E-state index contributed by atoms with van der Waals surface area (Å²) < 4.78 is 5.92. The highest BCUT2D eigenvalue weighted by molar-refractivity contribution is 6.35. The van der Waals surface area contributed by atoms with E-state index in [1.54, 1.807) is 18.2 Å². The first-order valence-electron chi connectivity index (χ1n) is 9.31. The van der Waals surface area contributed by atoms with Gasteiger partial charge in [-0.15, -0.1) is 0 Å². The van der Waals surface area contributed by atoms with Gasteiger partial charge in [0.05, 0.1) is 5.02 Å². The van der Waals surface area contributed by atoms with E-state index >= 15 is 0 Å². The molecule has 27 heavy (non-hydrogen) atoms. The summed E-state index contributed by atoms with van der Waals surface area (Å²) in [4.78, 5) is 25.9. The average Bonchev–Trinajstić information content (AvgIpc) is 3.10. The largest absolute Gasteiger partial charge is 0.456 e. The molecule has 4 rings (SSSR count). The second-order valence-corrected chi connectivity index (χ2v) is 8.18. The number of ether oxygens (including phenoxy) is 1. The molecule has 2 unspecified atom stereocenters. The molecule has 0 radical (unpaired) electrons. The van der Waals surface area contributed by atoms with Gasteiger partial charge in [0, 0.05) is 16.9 Å². The predicted molar refractivity (Wildman–Crippen MR) is 106 cm³/mol. The molecule has 3 nitrogen and oxygen atoms in total. The molecular weight excluding hydrogens is 383 g/mol. The zero-order valence-electron chi connectivity index (χ0n) is 15.0. The van der Waals surface area contributed by atoms with Gasteiger partial charge in [-0.05, 0) is 67.1 Å². The lowest BCUT2D eigenvalue weighted by atomic mass is 9.74. The van der Waals surface area contributed by atoms with Gasteiger partial charge >= 0.3 is 0 Å². The number of rotatable bonds is 4. The molecule has 0 heterocycles. The first-order valence-corrected chi connectivity index (χ1v) is 10.1. The molecule has 0 amide bonds. The lowest BCUT2D eigenvalue weighted by molar-refractivity contribution is -0.135. The minimum absolute atomic E-state index is 0.0256. The molecule has 2 aromatic rings. The molecule has 0 spiro atoms.